The topological polar surface area (TPSA) is 196 Å². The molecule has 11 aromatic rings. The van der Waals surface area contributed by atoms with Crippen molar-refractivity contribution in [3.05, 3.63) is 237 Å². The van der Waals surface area contributed by atoms with Gasteiger partial charge in [0, 0.05) is 55.8 Å². The molecule has 3 aliphatic rings. The van der Waals surface area contributed by atoms with E-state index in [-0.39, 0.29) is 55.2 Å². The summed E-state index contributed by atoms with van der Waals surface area (Å²) >= 11 is 0. The number of rotatable bonds is 10. The first-order valence-electron chi connectivity index (χ1n) is 39.5. The van der Waals surface area contributed by atoms with E-state index in [0.29, 0.717) is 16.7 Å². The molecule has 114 heavy (non-hydrogen) atoms. The summed E-state index contributed by atoms with van der Waals surface area (Å²) in [6.07, 6.45) is -1.71. The van der Waals surface area contributed by atoms with Crippen LogP contribution in [0.4, 0.5) is 0 Å². The lowest BCUT2D eigenvalue weighted by Gasteiger charge is -2.37. The molecule has 0 aliphatic carbocycles. The molecule has 1 aromatic heterocycles. The molecule has 10 aromatic carbocycles. The summed E-state index contributed by atoms with van der Waals surface area (Å²) in [5, 5.41) is 52.9. The number of aromatic hydroxyl groups is 3. The van der Waals surface area contributed by atoms with E-state index in [9.17, 15) is 30.3 Å². The lowest BCUT2D eigenvalue weighted by atomic mass is 9.92. The van der Waals surface area contributed by atoms with Crippen molar-refractivity contribution < 1.29 is 61.9 Å². The largest absolute Gasteiger partial charge is 0.543 e. The SMILES string of the molecule is CC1Oc2cc(O)ccc2-c2ccc(O)cc21.Cc1ccc(-c2ccc(O[Si](C)(C)C(C)(C)C)cc2C(C)O)c(O)c1.Cc1ccc2c(c1)OC(C)c1cc(O[Si](C)(C)C(C)(C)C)ccc1-2.Cc1ccc2c(c1)OC(O)c1cc(O[Si](C)(C)C(C)(C)C)ccc1-2.Cc1ccc2c(c1)oc(=O)c1cc(O[Si](C)(C)C(C)(C)C)ccc12. The minimum absolute atomic E-state index is 0.0391. The molecule has 3 aliphatic heterocycles. The first-order chi connectivity index (χ1) is 52.8. The number of phenolic OH excluding ortho intramolecular Hbond substituents is 3. The van der Waals surface area contributed by atoms with Gasteiger partial charge in [0.25, 0.3) is 0 Å². The zero-order chi connectivity index (χ0) is 84.1. The number of benzene rings is 10. The number of aryl methyl sites for hydroxylation is 4. The molecule has 14 nitrogen and oxygen atoms in total. The lowest BCUT2D eigenvalue weighted by Crippen LogP contribution is -2.43. The molecule has 4 atom stereocenters. The summed E-state index contributed by atoms with van der Waals surface area (Å²) in [5.41, 5.74) is 16.4. The van der Waals surface area contributed by atoms with Crippen molar-refractivity contribution in [1.29, 1.82) is 0 Å². The molecule has 4 unspecified atom stereocenters. The van der Waals surface area contributed by atoms with Crippen molar-refractivity contribution in [2.45, 2.75) is 229 Å². The Bertz CT molecular complexity index is 5280. The fraction of sp³-hybridized carbons (Fsp3) is 0.365. The zero-order valence-electron chi connectivity index (χ0n) is 72.0. The van der Waals surface area contributed by atoms with Gasteiger partial charge in [-0.25, -0.2) is 4.79 Å². The Labute approximate surface area is 680 Å². The van der Waals surface area contributed by atoms with E-state index in [1.54, 1.807) is 37.3 Å². The van der Waals surface area contributed by atoms with E-state index in [4.69, 9.17) is 36.3 Å². The van der Waals surface area contributed by atoms with Gasteiger partial charge in [-0.05, 0) is 274 Å². The van der Waals surface area contributed by atoms with Crippen molar-refractivity contribution in [3.63, 3.8) is 0 Å². The van der Waals surface area contributed by atoms with Crippen molar-refractivity contribution in [2.24, 2.45) is 0 Å². The number of fused-ring (bicyclic) bond motifs is 12. The molecule has 0 spiro atoms. The average Bonchev–Trinajstić information content (AvgIpc) is 0.758. The smallest absolute Gasteiger partial charge is 0.344 e. The van der Waals surface area contributed by atoms with E-state index < -0.39 is 45.7 Å². The summed E-state index contributed by atoms with van der Waals surface area (Å²) in [6.45, 7) is 58.3. The second-order valence-corrected chi connectivity index (χ2v) is 55.8. The molecule has 0 saturated heterocycles. The van der Waals surface area contributed by atoms with E-state index >= 15 is 0 Å². The van der Waals surface area contributed by atoms with Gasteiger partial charge in [-0.15, -0.1) is 0 Å². The van der Waals surface area contributed by atoms with Crippen LogP contribution in [0.3, 0.4) is 0 Å². The number of aliphatic hydroxyl groups excluding tert-OH is 2. The second-order valence-electron chi connectivity index (χ2n) is 36.9. The van der Waals surface area contributed by atoms with Gasteiger partial charge in [0.05, 0.1) is 11.5 Å². The number of ether oxygens (including phenoxy) is 3. The highest BCUT2D eigenvalue weighted by Crippen LogP contribution is 2.50. The first kappa shape index (κ1) is 86.9. The standard InChI is InChI=1S/C21H30O3Si.C21H28O2Si.C20H26O3Si.C20H24O3Si.C14H12O3/c1-14-8-10-18(20(23)12-14)17-11-9-16(13-19(17)15(2)22)24-25(6,7)21(3,4)5;1-14-8-10-18-17-11-9-16(23-24(6,7)21(3,4)5)13-19(17)15(2)22-20(18)12-14;2*1-13-7-9-16-15-10-8-14(23-24(5,6)20(2,3)4)12-17(15)19(21)22-18(16)11-13;1-8-13-6-9(15)2-4-11(13)12-5-3-10(16)7-14(12)17-8/h8-13,15,22-23H,1-7H3;8-13,15H,1-7H3;7-12,19,21H,1-6H3;7-12H,1-6H3;2-8,15-16H,1H3. The Hall–Kier alpha value is -9.54. The van der Waals surface area contributed by atoms with Crippen molar-refractivity contribution >= 4 is 55.0 Å². The van der Waals surface area contributed by atoms with Crippen molar-refractivity contribution in [2.75, 3.05) is 0 Å². The maximum atomic E-state index is 12.4. The Morgan fingerprint density at radius 1 is 0.360 bits per heavy atom. The van der Waals surface area contributed by atoms with E-state index in [0.717, 1.165) is 112 Å². The average molecular weight is 1610 g/mol. The number of aliphatic hydroxyl groups is 2. The fourth-order valence-electron chi connectivity index (χ4n) is 12.7. The van der Waals surface area contributed by atoms with Crippen LogP contribution in [0.5, 0.6) is 57.5 Å². The molecule has 0 amide bonds. The van der Waals surface area contributed by atoms with Crippen LogP contribution in [-0.2, 0) is 0 Å². The summed E-state index contributed by atoms with van der Waals surface area (Å²) in [4.78, 5) is 12.4. The van der Waals surface area contributed by atoms with Gasteiger partial charge >= 0.3 is 5.63 Å². The molecule has 604 valence electrons. The third-order valence-electron chi connectivity index (χ3n) is 23.7. The predicted octanol–water partition coefficient (Wildman–Crippen LogP) is 26.6. The molecule has 0 bridgehead atoms. The van der Waals surface area contributed by atoms with E-state index in [1.165, 1.54) is 22.3 Å². The van der Waals surface area contributed by atoms with Gasteiger partial charge in [0.2, 0.25) is 39.6 Å². The molecule has 5 N–H and O–H groups in total. The van der Waals surface area contributed by atoms with Gasteiger partial charge in [0.15, 0.2) is 0 Å². The molecule has 18 heteroatoms. The Morgan fingerprint density at radius 2 is 0.702 bits per heavy atom. The molecular weight excluding hydrogens is 1490 g/mol. The fourth-order valence-corrected chi connectivity index (χ4v) is 16.8. The number of phenols is 3. The van der Waals surface area contributed by atoms with Gasteiger partial charge in [-0.3, -0.25) is 0 Å². The Kier molecular flexibility index (Phi) is 25.1. The van der Waals surface area contributed by atoms with Crippen LogP contribution < -0.4 is 37.5 Å². The highest BCUT2D eigenvalue weighted by atomic mass is 28.4. The van der Waals surface area contributed by atoms with Crippen molar-refractivity contribution in [3.8, 4) is 102 Å². The quantitative estimate of drug-likeness (QED) is 0.0493. The molecule has 0 saturated carbocycles. The third-order valence-corrected chi connectivity index (χ3v) is 41.1. The maximum Gasteiger partial charge on any atom is 0.344 e. The predicted molar refractivity (Wildman–Crippen MR) is 477 cm³/mol. The molecule has 14 rings (SSSR count). The summed E-state index contributed by atoms with van der Waals surface area (Å²) in [7, 11) is -7.64. The summed E-state index contributed by atoms with van der Waals surface area (Å²) < 4.78 is 48.6. The van der Waals surface area contributed by atoms with Crippen LogP contribution in [0.1, 0.15) is 173 Å². The van der Waals surface area contributed by atoms with Gasteiger partial charge in [0.1, 0.15) is 75.3 Å². The lowest BCUT2D eigenvalue weighted by molar-refractivity contribution is -0.0214. The van der Waals surface area contributed by atoms with Gasteiger partial charge < -0.3 is 61.9 Å². The second kappa shape index (κ2) is 33.0. The molecular formula is C96H120O14Si4. The highest BCUT2D eigenvalue weighted by Gasteiger charge is 2.43. The van der Waals surface area contributed by atoms with Gasteiger partial charge in [-0.1, -0.05) is 156 Å². The number of hydrogen-bond donors (Lipinski definition) is 5. The van der Waals surface area contributed by atoms with Crippen molar-refractivity contribution in [1.82, 2.24) is 0 Å². The van der Waals surface area contributed by atoms with E-state index in [2.05, 4.69) is 192 Å². The third kappa shape index (κ3) is 19.5. The van der Waals surface area contributed by atoms with Crippen LogP contribution in [0, 0.1) is 27.7 Å². The van der Waals surface area contributed by atoms with Crippen LogP contribution in [-0.4, -0.2) is 58.8 Å². The minimum atomic E-state index is -1.95. The van der Waals surface area contributed by atoms with Crippen LogP contribution in [0.15, 0.2) is 191 Å². The summed E-state index contributed by atoms with van der Waals surface area (Å²) in [5.74, 6) is 6.33. The monoisotopic (exact) mass is 1610 g/mol. The first-order valence-corrected chi connectivity index (χ1v) is 51.2. The maximum absolute atomic E-state index is 12.4. The van der Waals surface area contributed by atoms with Crippen LogP contribution in [0.2, 0.25) is 72.5 Å². The van der Waals surface area contributed by atoms with Crippen LogP contribution >= 0.6 is 0 Å². The molecule has 0 radical (unpaired) electrons. The Morgan fingerprint density at radius 3 is 1.18 bits per heavy atom. The molecule has 0 fully saturated rings. The normalized spacial score (nSPS) is 15.3. The minimum Gasteiger partial charge on any atom is -0.543 e. The van der Waals surface area contributed by atoms with E-state index in [1.807, 2.05) is 137 Å². The van der Waals surface area contributed by atoms with Crippen LogP contribution in [0.25, 0.3) is 66.2 Å². The van der Waals surface area contributed by atoms with Gasteiger partial charge in [-0.2, -0.15) is 0 Å². The highest BCUT2D eigenvalue weighted by molar-refractivity contribution is 6.76. The zero-order valence-corrected chi connectivity index (χ0v) is 76.0. The number of hydrogen-bond acceptors (Lipinski definition) is 14. The Balaban J connectivity index is 0.000000151. The molecule has 4 heterocycles. The summed E-state index contributed by atoms with van der Waals surface area (Å²) in [6, 6.07) is 58.2.